The summed E-state index contributed by atoms with van der Waals surface area (Å²) < 4.78 is 38.8. The minimum absolute atomic E-state index is 0. The molecular formula is C20H16N3NaO6S. The number of hydrogen-bond acceptors (Lipinski definition) is 8. The Morgan fingerprint density at radius 3 is 2.29 bits per heavy atom. The van der Waals surface area contributed by atoms with Gasteiger partial charge < -0.3 is 24.2 Å². The van der Waals surface area contributed by atoms with Crippen molar-refractivity contribution in [2.75, 3.05) is 24.3 Å². The number of anilines is 3. The number of H-pyrrole nitrogens is 1. The fraction of sp³-hybridized carbons (Fsp3) is 0.100. The summed E-state index contributed by atoms with van der Waals surface area (Å²) in [5.41, 5.74) is 0.554. The van der Waals surface area contributed by atoms with Crippen molar-refractivity contribution in [3.8, 4) is 0 Å². The minimum atomic E-state index is -4.58. The van der Waals surface area contributed by atoms with E-state index in [4.69, 9.17) is 4.42 Å². The molecule has 2 aromatic rings. The van der Waals surface area contributed by atoms with Crippen LogP contribution in [0.5, 0.6) is 0 Å². The predicted octanol–water partition coefficient (Wildman–Crippen LogP) is -1.08. The van der Waals surface area contributed by atoms with Crippen LogP contribution in [-0.2, 0) is 10.1 Å². The Morgan fingerprint density at radius 1 is 1.00 bits per heavy atom. The molecule has 1 aliphatic carbocycles. The second kappa shape index (κ2) is 8.48. The largest absolute Gasteiger partial charge is 1.00 e. The molecule has 0 atom stereocenters. The van der Waals surface area contributed by atoms with Gasteiger partial charge in [0.1, 0.15) is 10.1 Å². The molecular weight excluding hydrogens is 433 g/mol. The van der Waals surface area contributed by atoms with Crippen LogP contribution in [0.1, 0.15) is 0 Å². The number of hydrogen-bond donors (Lipinski definition) is 2. The molecule has 0 saturated heterocycles. The second-order valence-electron chi connectivity index (χ2n) is 6.86. The van der Waals surface area contributed by atoms with E-state index in [1.165, 1.54) is 18.2 Å². The zero-order valence-electron chi connectivity index (χ0n) is 16.9. The number of rotatable bonds is 4. The first-order valence-electron chi connectivity index (χ1n) is 8.78. The van der Waals surface area contributed by atoms with Gasteiger partial charge in [-0.05, 0) is 42.5 Å². The van der Waals surface area contributed by atoms with Gasteiger partial charge in [-0.15, -0.1) is 0 Å². The molecule has 0 unspecified atom stereocenters. The number of aromatic nitrogens is 1. The molecule has 2 N–H and O–H groups in total. The zero-order chi connectivity index (χ0) is 21.6. The van der Waals surface area contributed by atoms with E-state index in [1.54, 1.807) is 12.1 Å². The average molecular weight is 449 g/mol. The van der Waals surface area contributed by atoms with Crippen molar-refractivity contribution in [3.63, 3.8) is 0 Å². The predicted molar refractivity (Wildman–Crippen MR) is 110 cm³/mol. The fourth-order valence-electron chi connectivity index (χ4n) is 3.00. The summed E-state index contributed by atoms with van der Waals surface area (Å²) in [5, 5.41) is 3.10. The fourth-order valence-corrected chi connectivity index (χ4v) is 3.47. The summed E-state index contributed by atoms with van der Waals surface area (Å²) in [5.74, 6) is 0. The summed E-state index contributed by atoms with van der Waals surface area (Å²) in [7, 11) is -0.830. The van der Waals surface area contributed by atoms with E-state index in [9.17, 15) is 22.6 Å². The Balaban J connectivity index is 0.00000272. The minimum Gasteiger partial charge on any atom is -0.744 e. The maximum absolute atomic E-state index is 12.6. The summed E-state index contributed by atoms with van der Waals surface area (Å²) >= 11 is 0. The van der Waals surface area contributed by atoms with Crippen molar-refractivity contribution >= 4 is 38.3 Å². The number of nitrogens with zero attached hydrogens (tertiary/aromatic N) is 1. The maximum atomic E-state index is 12.6. The van der Waals surface area contributed by atoms with E-state index in [0.29, 0.717) is 22.1 Å². The third kappa shape index (κ3) is 4.53. The molecule has 154 valence electrons. The Hall–Kier alpha value is -2.63. The van der Waals surface area contributed by atoms with Gasteiger partial charge in [-0.3, -0.25) is 9.59 Å². The molecule has 9 nitrogen and oxygen atoms in total. The van der Waals surface area contributed by atoms with Crippen molar-refractivity contribution in [1.82, 2.24) is 4.98 Å². The molecule has 0 radical (unpaired) electrons. The van der Waals surface area contributed by atoms with Gasteiger partial charge in [0.05, 0.1) is 21.4 Å². The number of benzene rings is 2. The van der Waals surface area contributed by atoms with E-state index < -0.39 is 25.9 Å². The molecule has 2 aliphatic rings. The molecule has 31 heavy (non-hydrogen) atoms. The van der Waals surface area contributed by atoms with Crippen LogP contribution in [0.4, 0.5) is 17.1 Å². The number of fused-ring (bicyclic) bond motifs is 1. The van der Waals surface area contributed by atoms with Crippen molar-refractivity contribution in [2.24, 2.45) is 0 Å². The van der Waals surface area contributed by atoms with Crippen LogP contribution in [0, 0.1) is 10.8 Å². The molecule has 0 amide bonds. The zero-order valence-corrected chi connectivity index (χ0v) is 19.7. The van der Waals surface area contributed by atoms with Crippen LogP contribution >= 0.6 is 0 Å². The van der Waals surface area contributed by atoms with Crippen LogP contribution in [0.15, 0.2) is 67.4 Å². The van der Waals surface area contributed by atoms with Crippen LogP contribution in [0.3, 0.4) is 0 Å². The Labute approximate surface area is 198 Å². The van der Waals surface area contributed by atoms with Gasteiger partial charge >= 0.3 is 29.6 Å². The summed E-state index contributed by atoms with van der Waals surface area (Å²) in [6.07, 6.45) is 0. The number of nitrogens with one attached hydrogen (secondary N) is 2. The van der Waals surface area contributed by atoms with E-state index in [0.717, 1.165) is 17.8 Å². The number of aromatic amines is 1. The summed E-state index contributed by atoms with van der Waals surface area (Å²) in [6, 6.07) is 11.8. The van der Waals surface area contributed by atoms with E-state index in [2.05, 4.69) is 10.3 Å². The molecule has 11 heteroatoms. The van der Waals surface area contributed by atoms with Crippen molar-refractivity contribution in [1.29, 1.82) is 0 Å². The van der Waals surface area contributed by atoms with Crippen molar-refractivity contribution < 1.29 is 46.9 Å². The van der Waals surface area contributed by atoms with E-state index >= 15 is 0 Å². The van der Waals surface area contributed by atoms with E-state index in [-0.39, 0.29) is 40.7 Å². The SMILES string of the molecule is CN(C)c1ccc2[nH]c3cc(Nc4ccc(S(=O)(=O)[O-])cc4)c(=O)c(=O)c=3oc2c1.[Na+]. The maximum Gasteiger partial charge on any atom is 1.00 e. The first-order valence-corrected chi connectivity index (χ1v) is 10.2. The van der Waals surface area contributed by atoms with Crippen molar-refractivity contribution in [2.45, 2.75) is 4.90 Å². The molecule has 0 spiro atoms. The molecule has 0 fully saturated rings. The summed E-state index contributed by atoms with van der Waals surface area (Å²) in [6.45, 7) is 0. The molecule has 0 aromatic heterocycles. The standard InChI is InChI=1S/C20H17N3O6S.Na/c1-23(2)12-5-8-14-17(9-12)29-20-16(22-14)10-15(18(24)19(20)25)21-11-3-6-13(7-4-11)30(26,27)28;/h3-10,21-22H,1-2H3,(H,26,27,28);/q;+1/p-1. The monoisotopic (exact) mass is 449 g/mol. The van der Waals surface area contributed by atoms with Gasteiger partial charge in [-0.1, -0.05) is 0 Å². The van der Waals surface area contributed by atoms with Gasteiger partial charge in [0.2, 0.25) is 5.42 Å². The van der Waals surface area contributed by atoms with Gasteiger partial charge in [0.15, 0.2) is 5.58 Å². The average Bonchev–Trinajstić information content (AvgIpc) is 2.70. The molecule has 4 rings (SSSR count). The Kier molecular flexibility index (Phi) is 6.30. The van der Waals surface area contributed by atoms with Gasteiger partial charge in [-0.2, -0.15) is 0 Å². The Bertz CT molecular complexity index is 1560. The van der Waals surface area contributed by atoms with Crippen LogP contribution in [0.2, 0.25) is 0 Å². The quantitative estimate of drug-likeness (QED) is 0.228. The van der Waals surface area contributed by atoms with E-state index in [1.807, 2.05) is 25.1 Å². The van der Waals surface area contributed by atoms with Gasteiger partial charge in [0.25, 0.3) is 10.9 Å². The van der Waals surface area contributed by atoms with Crippen LogP contribution < -0.4 is 50.6 Å². The molecule has 1 aliphatic heterocycles. The smallest absolute Gasteiger partial charge is 0.744 e. The second-order valence-corrected chi connectivity index (χ2v) is 8.24. The first-order chi connectivity index (χ1) is 14.1. The summed E-state index contributed by atoms with van der Waals surface area (Å²) in [4.78, 5) is 29.7. The normalized spacial score (nSPS) is 11.3. The van der Waals surface area contributed by atoms with Gasteiger partial charge in [0, 0.05) is 31.5 Å². The van der Waals surface area contributed by atoms with Gasteiger partial charge in [-0.25, -0.2) is 8.42 Å². The first kappa shape index (κ1) is 23.0. The van der Waals surface area contributed by atoms with Crippen LogP contribution in [0.25, 0.3) is 11.1 Å². The van der Waals surface area contributed by atoms with Crippen molar-refractivity contribution in [3.05, 3.63) is 79.7 Å². The molecule has 2 aromatic carbocycles. The third-order valence-corrected chi connectivity index (χ3v) is 5.42. The topological polar surface area (TPSA) is 136 Å². The molecule has 0 saturated carbocycles. The molecule has 1 heterocycles. The Morgan fingerprint density at radius 2 is 1.68 bits per heavy atom. The molecule has 0 bridgehead atoms. The third-order valence-electron chi connectivity index (χ3n) is 4.58. The van der Waals surface area contributed by atoms with Crippen LogP contribution in [-0.4, -0.2) is 32.0 Å².